The van der Waals surface area contributed by atoms with Gasteiger partial charge in [-0.05, 0) is 91.9 Å². The summed E-state index contributed by atoms with van der Waals surface area (Å²) >= 11 is 4.80. The second-order valence-corrected chi connectivity index (χ2v) is 11.8. The number of anilines is 2. The minimum atomic E-state index is -0.527. The van der Waals surface area contributed by atoms with Gasteiger partial charge in [-0.2, -0.15) is 0 Å². The topological polar surface area (TPSA) is 110 Å². The van der Waals surface area contributed by atoms with Crippen molar-refractivity contribution in [3.05, 3.63) is 137 Å². The smallest absolute Gasteiger partial charge is 0.272 e. The normalized spacial score (nSPS) is 11.0. The molecular weight excluding hydrogens is 666 g/mol. The van der Waals surface area contributed by atoms with E-state index in [9.17, 15) is 14.4 Å². The highest BCUT2D eigenvalue weighted by molar-refractivity contribution is 9.10. The maximum absolute atomic E-state index is 13.4. The Morgan fingerprint density at radius 1 is 0.804 bits per heavy atom. The second kappa shape index (κ2) is 15.8. The van der Waals surface area contributed by atoms with Crippen molar-refractivity contribution >= 4 is 62.9 Å². The lowest BCUT2D eigenvalue weighted by atomic mass is 10.2. The minimum Gasteiger partial charge on any atom is -0.494 e. The Morgan fingerprint density at radius 2 is 1.48 bits per heavy atom. The van der Waals surface area contributed by atoms with Crippen molar-refractivity contribution in [1.29, 1.82) is 0 Å². The van der Waals surface area contributed by atoms with Crippen LogP contribution in [-0.2, 0) is 9.59 Å². The van der Waals surface area contributed by atoms with Gasteiger partial charge in [0.2, 0.25) is 5.91 Å². The molecule has 3 N–H and O–H groups in total. The Balaban J connectivity index is 1.23. The maximum Gasteiger partial charge on any atom is 0.272 e. The lowest BCUT2D eigenvalue weighted by Gasteiger charge is -2.11. The van der Waals surface area contributed by atoms with E-state index >= 15 is 0 Å². The molecule has 0 aliphatic rings. The van der Waals surface area contributed by atoms with Gasteiger partial charge in [-0.25, -0.2) is 0 Å². The molecule has 3 amide bonds. The third kappa shape index (κ3) is 9.23. The Hall–Kier alpha value is -5.06. The van der Waals surface area contributed by atoms with Crippen molar-refractivity contribution in [3.63, 3.8) is 0 Å². The molecule has 0 aliphatic heterocycles. The lowest BCUT2D eigenvalue weighted by Crippen LogP contribution is -2.30. The predicted molar refractivity (Wildman–Crippen MR) is 186 cm³/mol. The fourth-order valence-electron chi connectivity index (χ4n) is 4.26. The molecule has 1 heterocycles. The summed E-state index contributed by atoms with van der Waals surface area (Å²) in [4.78, 5) is 39.7. The zero-order chi connectivity index (χ0) is 32.3. The molecular formula is C36H30BrN3O5S. The van der Waals surface area contributed by atoms with Crippen LogP contribution < -0.4 is 20.7 Å². The van der Waals surface area contributed by atoms with Crippen molar-refractivity contribution < 1.29 is 23.5 Å². The van der Waals surface area contributed by atoms with Crippen LogP contribution in [0.5, 0.6) is 5.75 Å². The van der Waals surface area contributed by atoms with Crippen LogP contribution in [-0.4, -0.2) is 30.1 Å². The number of nitrogens with one attached hydrogen (secondary N) is 3. The van der Waals surface area contributed by atoms with E-state index in [1.807, 2.05) is 61.5 Å². The first kappa shape index (κ1) is 32.3. The van der Waals surface area contributed by atoms with Crippen LogP contribution in [0.4, 0.5) is 11.4 Å². The molecule has 5 aromatic rings. The Bertz CT molecular complexity index is 1820. The molecule has 0 atom stereocenters. The van der Waals surface area contributed by atoms with Crippen LogP contribution >= 0.6 is 27.7 Å². The number of carbonyl (C=O) groups excluding carboxylic acids is 3. The van der Waals surface area contributed by atoms with Gasteiger partial charge in [-0.15, -0.1) is 11.8 Å². The number of furan rings is 1. The van der Waals surface area contributed by atoms with Gasteiger partial charge in [0, 0.05) is 37.9 Å². The molecule has 0 fully saturated rings. The quantitative estimate of drug-likeness (QED) is 0.0896. The monoisotopic (exact) mass is 695 g/mol. The highest BCUT2D eigenvalue weighted by atomic mass is 79.9. The van der Waals surface area contributed by atoms with E-state index in [2.05, 4.69) is 31.9 Å². The van der Waals surface area contributed by atoms with Crippen LogP contribution in [0.3, 0.4) is 0 Å². The number of benzene rings is 4. The summed E-state index contributed by atoms with van der Waals surface area (Å²) < 4.78 is 12.4. The average Bonchev–Trinajstić information content (AvgIpc) is 3.54. The number of carbonyl (C=O) groups is 3. The molecule has 4 aromatic carbocycles. The zero-order valence-electron chi connectivity index (χ0n) is 24.8. The molecule has 0 aliphatic carbocycles. The summed E-state index contributed by atoms with van der Waals surface area (Å²) in [5, 5.41) is 8.42. The summed E-state index contributed by atoms with van der Waals surface area (Å²) in [5.74, 6) is 0.869. The second-order valence-electron chi connectivity index (χ2n) is 9.86. The van der Waals surface area contributed by atoms with Gasteiger partial charge >= 0.3 is 0 Å². The maximum atomic E-state index is 13.4. The number of hydrogen-bond donors (Lipinski definition) is 3. The third-order valence-electron chi connectivity index (χ3n) is 6.50. The van der Waals surface area contributed by atoms with E-state index in [-0.39, 0.29) is 17.4 Å². The third-order valence-corrected chi connectivity index (χ3v) is 8.04. The first-order valence-electron chi connectivity index (χ1n) is 14.4. The van der Waals surface area contributed by atoms with Crippen LogP contribution in [0.1, 0.15) is 23.0 Å². The molecule has 0 saturated heterocycles. The molecule has 8 nitrogen and oxygen atoms in total. The predicted octanol–water partition coefficient (Wildman–Crippen LogP) is 8.25. The molecule has 0 spiro atoms. The van der Waals surface area contributed by atoms with Crippen LogP contribution in [0.25, 0.3) is 17.4 Å². The van der Waals surface area contributed by atoms with Crippen LogP contribution in [0.15, 0.2) is 135 Å². The van der Waals surface area contributed by atoms with Gasteiger partial charge in [0.1, 0.15) is 23.0 Å². The van der Waals surface area contributed by atoms with Gasteiger partial charge in [0.25, 0.3) is 11.8 Å². The van der Waals surface area contributed by atoms with Gasteiger partial charge < -0.3 is 25.1 Å². The molecule has 232 valence electrons. The largest absolute Gasteiger partial charge is 0.494 e. The number of thioether (sulfide) groups is 1. The number of halogens is 1. The van der Waals surface area contributed by atoms with Gasteiger partial charge in [-0.1, -0.05) is 46.3 Å². The fraction of sp³-hybridized carbons (Fsp3) is 0.0833. The Morgan fingerprint density at radius 3 is 2.17 bits per heavy atom. The summed E-state index contributed by atoms with van der Waals surface area (Å²) in [7, 11) is 0. The van der Waals surface area contributed by atoms with Crippen molar-refractivity contribution in [3.8, 4) is 17.1 Å². The Labute approximate surface area is 279 Å². The van der Waals surface area contributed by atoms with Gasteiger partial charge in [0.05, 0.1) is 12.4 Å². The highest BCUT2D eigenvalue weighted by Gasteiger charge is 2.16. The summed E-state index contributed by atoms with van der Waals surface area (Å²) in [6.45, 7) is 2.49. The molecule has 0 bridgehead atoms. The standard InChI is InChI=1S/C36H30BrN3O5S/c1-2-44-29-16-12-27(13-17-29)38-34(41)23-46-31-19-14-28(15-20-31)39-36(43)32(40-35(42)25-6-4-3-5-7-25)22-30-18-21-33(45-30)24-8-10-26(37)11-9-24/h3-22H,2,23H2,1H3,(H,38,41)(H,39,43)(H,40,42)/b32-22-. The summed E-state index contributed by atoms with van der Waals surface area (Å²) in [6, 6.07) is 34.1. The van der Waals surface area contributed by atoms with Crippen LogP contribution in [0.2, 0.25) is 0 Å². The average molecular weight is 697 g/mol. The number of amides is 3. The molecule has 46 heavy (non-hydrogen) atoms. The fourth-order valence-corrected chi connectivity index (χ4v) is 5.23. The van der Waals surface area contributed by atoms with E-state index in [4.69, 9.17) is 9.15 Å². The van der Waals surface area contributed by atoms with Crippen LogP contribution in [0, 0.1) is 0 Å². The first-order chi connectivity index (χ1) is 22.4. The van der Waals surface area contributed by atoms with Crippen molar-refractivity contribution in [2.24, 2.45) is 0 Å². The number of hydrogen-bond acceptors (Lipinski definition) is 6. The van der Waals surface area contributed by atoms with E-state index in [0.29, 0.717) is 35.1 Å². The van der Waals surface area contributed by atoms with E-state index in [1.165, 1.54) is 17.8 Å². The van der Waals surface area contributed by atoms with Crippen molar-refractivity contribution in [1.82, 2.24) is 5.32 Å². The minimum absolute atomic E-state index is 0.00923. The lowest BCUT2D eigenvalue weighted by molar-refractivity contribution is -0.114. The van der Waals surface area contributed by atoms with Gasteiger partial charge in [-0.3, -0.25) is 14.4 Å². The molecule has 1 aromatic heterocycles. The Kier molecular flexibility index (Phi) is 11.1. The molecule has 10 heteroatoms. The number of ether oxygens (including phenoxy) is 1. The molecule has 0 radical (unpaired) electrons. The molecule has 0 unspecified atom stereocenters. The van der Waals surface area contributed by atoms with Crippen molar-refractivity contribution in [2.45, 2.75) is 11.8 Å². The SMILES string of the molecule is CCOc1ccc(NC(=O)CSc2ccc(NC(=O)/C(=C/c3ccc(-c4ccc(Br)cc4)o3)NC(=O)c3ccccc3)cc2)cc1. The highest BCUT2D eigenvalue weighted by Crippen LogP contribution is 2.26. The van der Waals surface area contributed by atoms with E-state index < -0.39 is 11.8 Å². The van der Waals surface area contributed by atoms with E-state index in [1.54, 1.807) is 60.7 Å². The first-order valence-corrected chi connectivity index (χ1v) is 16.1. The van der Waals surface area contributed by atoms with Crippen molar-refractivity contribution in [2.75, 3.05) is 23.0 Å². The van der Waals surface area contributed by atoms with E-state index in [0.717, 1.165) is 20.7 Å². The molecule has 5 rings (SSSR count). The summed E-state index contributed by atoms with van der Waals surface area (Å²) in [5.41, 5.74) is 2.49. The summed E-state index contributed by atoms with van der Waals surface area (Å²) in [6.07, 6.45) is 1.49. The molecule has 0 saturated carbocycles. The zero-order valence-corrected chi connectivity index (χ0v) is 27.2. The van der Waals surface area contributed by atoms with Gasteiger partial charge in [0.15, 0.2) is 0 Å². The number of rotatable bonds is 12.